The molecule has 0 unspecified atom stereocenters. The monoisotopic (exact) mass is 289 g/mol. The molecule has 4 heteroatoms. The van der Waals surface area contributed by atoms with Crippen molar-refractivity contribution in [2.75, 3.05) is 26.8 Å². The number of carbonyl (C=O) groups excluding carboxylic acids is 1. The Balaban J connectivity index is 2.87. The Hall–Kier alpha value is -1.83. The highest BCUT2D eigenvalue weighted by Gasteiger charge is 2.15. The predicted molar refractivity (Wildman–Crippen MR) is 83.2 cm³/mol. The summed E-state index contributed by atoms with van der Waals surface area (Å²) < 4.78 is 5.46. The largest absolute Gasteiger partial charge is 0.384 e. The van der Waals surface area contributed by atoms with Crippen LogP contribution in [0.25, 0.3) is 0 Å². The zero-order chi connectivity index (χ0) is 15.8. The molecule has 0 bridgehead atoms. The number of aryl methyl sites for hydroxylation is 1. The molecule has 0 heterocycles. The lowest BCUT2D eigenvalue weighted by Crippen LogP contribution is -2.31. The van der Waals surface area contributed by atoms with Crippen molar-refractivity contribution in [1.82, 2.24) is 4.90 Å². The summed E-state index contributed by atoms with van der Waals surface area (Å²) in [4.78, 5) is 14.1. The highest BCUT2D eigenvalue weighted by molar-refractivity contribution is 5.96. The minimum absolute atomic E-state index is 0.0895. The molecule has 0 saturated carbocycles. The number of benzene rings is 1. The summed E-state index contributed by atoms with van der Waals surface area (Å²) in [6.45, 7) is 6.67. The zero-order valence-electron chi connectivity index (χ0n) is 13.1. The third-order valence-corrected chi connectivity index (χ3v) is 2.93. The second kappa shape index (κ2) is 8.46. The third kappa shape index (κ3) is 5.58. The van der Waals surface area contributed by atoms with E-state index in [-0.39, 0.29) is 18.6 Å². The van der Waals surface area contributed by atoms with Crippen molar-refractivity contribution < 1.29 is 14.6 Å². The van der Waals surface area contributed by atoms with Gasteiger partial charge in [0.1, 0.15) is 6.61 Å². The maximum atomic E-state index is 12.5. The first-order valence-electron chi connectivity index (χ1n) is 7.03. The van der Waals surface area contributed by atoms with Gasteiger partial charge in [-0.25, -0.2) is 0 Å². The summed E-state index contributed by atoms with van der Waals surface area (Å²) in [7, 11) is 1.75. The average Bonchev–Trinajstić information content (AvgIpc) is 2.44. The molecule has 0 aliphatic rings. The number of hydrogen-bond acceptors (Lipinski definition) is 3. The minimum atomic E-state index is -0.223. The second-order valence-corrected chi connectivity index (χ2v) is 5.16. The lowest BCUT2D eigenvalue weighted by atomic mass is 10.0. The first-order valence-corrected chi connectivity index (χ1v) is 7.03. The Bertz CT molecular complexity index is 541. The van der Waals surface area contributed by atoms with E-state index in [1.54, 1.807) is 11.9 Å². The van der Waals surface area contributed by atoms with Crippen LogP contribution in [0.2, 0.25) is 0 Å². The van der Waals surface area contributed by atoms with E-state index in [0.29, 0.717) is 24.3 Å². The van der Waals surface area contributed by atoms with Crippen molar-refractivity contribution in [2.45, 2.75) is 26.9 Å². The van der Waals surface area contributed by atoms with Crippen molar-refractivity contribution in [1.29, 1.82) is 0 Å². The highest BCUT2D eigenvalue weighted by Crippen LogP contribution is 2.13. The van der Waals surface area contributed by atoms with Crippen LogP contribution >= 0.6 is 0 Å². The van der Waals surface area contributed by atoms with Crippen LogP contribution in [-0.4, -0.2) is 48.8 Å². The van der Waals surface area contributed by atoms with Crippen LogP contribution in [0.5, 0.6) is 0 Å². The fourth-order valence-corrected chi connectivity index (χ4v) is 1.81. The first-order chi connectivity index (χ1) is 9.95. The molecule has 0 spiro atoms. The summed E-state index contributed by atoms with van der Waals surface area (Å²) in [6.07, 6.45) is 0.151. The molecule has 0 atom stereocenters. The van der Waals surface area contributed by atoms with E-state index < -0.39 is 0 Å². The maximum absolute atomic E-state index is 12.5. The molecule has 4 nitrogen and oxygen atoms in total. The summed E-state index contributed by atoms with van der Waals surface area (Å²) in [5, 5.41) is 8.80. The van der Waals surface area contributed by atoms with Crippen LogP contribution in [0.1, 0.15) is 35.3 Å². The molecule has 21 heavy (non-hydrogen) atoms. The van der Waals surface area contributed by atoms with Crippen LogP contribution in [-0.2, 0) is 4.74 Å². The SMILES string of the molecule is Cc1ccc(C#CCO)c(C(=O)N(C)CCOC(C)C)c1. The Morgan fingerprint density at radius 3 is 2.76 bits per heavy atom. The Morgan fingerprint density at radius 1 is 1.43 bits per heavy atom. The number of aliphatic hydroxyl groups is 1. The molecule has 1 rings (SSSR count). The van der Waals surface area contributed by atoms with E-state index in [1.165, 1.54) is 0 Å². The second-order valence-electron chi connectivity index (χ2n) is 5.16. The van der Waals surface area contributed by atoms with Gasteiger partial charge in [-0.2, -0.15) is 0 Å². The lowest BCUT2D eigenvalue weighted by Gasteiger charge is -2.19. The van der Waals surface area contributed by atoms with Crippen molar-refractivity contribution in [3.05, 3.63) is 34.9 Å². The number of aliphatic hydroxyl groups excluding tert-OH is 1. The summed E-state index contributed by atoms with van der Waals surface area (Å²) in [6, 6.07) is 5.53. The molecule has 1 aromatic rings. The van der Waals surface area contributed by atoms with E-state index in [2.05, 4.69) is 11.8 Å². The van der Waals surface area contributed by atoms with Crippen molar-refractivity contribution in [3.8, 4) is 11.8 Å². The summed E-state index contributed by atoms with van der Waals surface area (Å²) in [5.74, 6) is 5.32. The molecule has 0 radical (unpaired) electrons. The van der Waals surface area contributed by atoms with Gasteiger partial charge in [0, 0.05) is 19.2 Å². The molecule has 1 aromatic carbocycles. The van der Waals surface area contributed by atoms with E-state index in [9.17, 15) is 4.79 Å². The van der Waals surface area contributed by atoms with E-state index in [4.69, 9.17) is 9.84 Å². The predicted octanol–water partition coefficient (Wildman–Crippen LogP) is 1.84. The van der Waals surface area contributed by atoms with Crippen LogP contribution in [0.3, 0.4) is 0 Å². The molecule has 0 aliphatic carbocycles. The van der Waals surface area contributed by atoms with Gasteiger partial charge in [0.2, 0.25) is 0 Å². The van der Waals surface area contributed by atoms with Gasteiger partial charge in [0.25, 0.3) is 5.91 Å². The summed E-state index contributed by atoms with van der Waals surface area (Å²) in [5.41, 5.74) is 2.19. The highest BCUT2D eigenvalue weighted by atomic mass is 16.5. The lowest BCUT2D eigenvalue weighted by molar-refractivity contribution is 0.0532. The molecule has 0 fully saturated rings. The van der Waals surface area contributed by atoms with Crippen LogP contribution in [0.15, 0.2) is 18.2 Å². The normalized spacial score (nSPS) is 10.2. The molecule has 114 valence electrons. The number of carbonyl (C=O) groups is 1. The Kier molecular flexibility index (Phi) is 6.93. The molecule has 0 aliphatic heterocycles. The van der Waals surface area contributed by atoms with Gasteiger partial charge < -0.3 is 14.7 Å². The third-order valence-electron chi connectivity index (χ3n) is 2.93. The number of likely N-dealkylation sites (N-methyl/N-ethyl adjacent to an activating group) is 1. The van der Waals surface area contributed by atoms with Crippen molar-refractivity contribution >= 4 is 5.91 Å². The van der Waals surface area contributed by atoms with Gasteiger partial charge in [-0.3, -0.25) is 4.79 Å². The molecule has 1 amide bonds. The van der Waals surface area contributed by atoms with Gasteiger partial charge in [0.05, 0.1) is 18.3 Å². The molecule has 0 saturated heterocycles. The number of rotatable bonds is 5. The smallest absolute Gasteiger partial charge is 0.254 e. The topological polar surface area (TPSA) is 49.8 Å². The van der Waals surface area contributed by atoms with Crippen LogP contribution in [0, 0.1) is 18.8 Å². The molecular formula is C17H23NO3. The maximum Gasteiger partial charge on any atom is 0.254 e. The summed E-state index contributed by atoms with van der Waals surface area (Å²) >= 11 is 0. The molecular weight excluding hydrogens is 266 g/mol. The number of amides is 1. The zero-order valence-corrected chi connectivity index (χ0v) is 13.1. The van der Waals surface area contributed by atoms with Gasteiger partial charge >= 0.3 is 0 Å². The van der Waals surface area contributed by atoms with E-state index >= 15 is 0 Å². The fraction of sp³-hybridized carbons (Fsp3) is 0.471. The fourth-order valence-electron chi connectivity index (χ4n) is 1.81. The van der Waals surface area contributed by atoms with Crippen LogP contribution < -0.4 is 0 Å². The van der Waals surface area contributed by atoms with Gasteiger partial charge in [0.15, 0.2) is 0 Å². The quantitative estimate of drug-likeness (QED) is 0.841. The minimum Gasteiger partial charge on any atom is -0.384 e. The number of ether oxygens (including phenoxy) is 1. The average molecular weight is 289 g/mol. The van der Waals surface area contributed by atoms with E-state index in [1.807, 2.05) is 39.0 Å². The van der Waals surface area contributed by atoms with Crippen molar-refractivity contribution in [2.24, 2.45) is 0 Å². The Labute approximate surface area is 126 Å². The van der Waals surface area contributed by atoms with Gasteiger partial charge in [-0.15, -0.1) is 0 Å². The number of nitrogens with zero attached hydrogens (tertiary/aromatic N) is 1. The van der Waals surface area contributed by atoms with Crippen LogP contribution in [0.4, 0.5) is 0 Å². The first kappa shape index (κ1) is 17.2. The number of hydrogen-bond donors (Lipinski definition) is 1. The van der Waals surface area contributed by atoms with Gasteiger partial charge in [-0.05, 0) is 32.9 Å². The Morgan fingerprint density at radius 2 is 2.14 bits per heavy atom. The molecule has 0 aromatic heterocycles. The standard InChI is InChI=1S/C17H23NO3/c1-13(2)21-11-9-18(4)17(20)16-12-14(3)7-8-15(16)6-5-10-19/h7-8,12-13,19H,9-11H2,1-4H3. The van der Waals surface area contributed by atoms with Gasteiger partial charge in [-0.1, -0.05) is 23.5 Å². The van der Waals surface area contributed by atoms with E-state index in [0.717, 1.165) is 5.56 Å². The van der Waals surface area contributed by atoms with Crippen molar-refractivity contribution in [3.63, 3.8) is 0 Å². The molecule has 1 N–H and O–H groups in total.